The van der Waals surface area contributed by atoms with Crippen LogP contribution in [0.15, 0.2) is 41.3 Å². The molecule has 0 aliphatic heterocycles. The van der Waals surface area contributed by atoms with Crippen molar-refractivity contribution >= 4 is 12.9 Å². The van der Waals surface area contributed by atoms with Gasteiger partial charge in [0.05, 0.1) is 6.20 Å². The lowest BCUT2D eigenvalue weighted by molar-refractivity contribution is 0.368. The molecule has 0 N–H and O–H groups in total. The van der Waals surface area contributed by atoms with Gasteiger partial charge in [0.25, 0.3) is 0 Å². The fourth-order valence-electron chi connectivity index (χ4n) is 1.05. The Morgan fingerprint density at radius 2 is 1.67 bits per heavy atom. The van der Waals surface area contributed by atoms with Gasteiger partial charge in [0.2, 0.25) is 5.39 Å². The predicted octanol–water partition coefficient (Wildman–Crippen LogP) is 4.13. The average Bonchev–Trinajstić information content (AvgIpc) is 2.80. The zero-order valence-corrected chi connectivity index (χ0v) is 8.80. The molecular weight excluding hydrogens is 253 g/mol. The Balaban J connectivity index is 0.000000280. The minimum atomic E-state index is -6.00. The highest BCUT2D eigenvalue weighted by atomic mass is 19.5. The maximum Gasteiger partial charge on any atom is 0.673 e. The second-order valence-electron chi connectivity index (χ2n) is 3.01. The third-order valence-corrected chi connectivity index (χ3v) is 1.70. The van der Waals surface area contributed by atoms with Crippen LogP contribution in [-0.2, 0) is 0 Å². The molecule has 0 unspecified atom stereocenters. The molecule has 0 fully saturated rings. The fourth-order valence-corrected chi connectivity index (χ4v) is 1.05. The summed E-state index contributed by atoms with van der Waals surface area (Å²) >= 11 is 0. The molecule has 0 radical (unpaired) electrons. The van der Waals surface area contributed by atoms with Gasteiger partial charge in [-0.05, 0) is 12.1 Å². The number of aromatic nitrogens is 1. The Morgan fingerprint density at radius 3 is 2.06 bits per heavy atom. The lowest BCUT2D eigenvalue weighted by Gasteiger charge is -1.94. The highest BCUT2D eigenvalue weighted by molar-refractivity contribution is 6.50. The molecule has 0 bridgehead atoms. The van der Waals surface area contributed by atoms with Crippen molar-refractivity contribution in [3.8, 4) is 11.3 Å². The van der Waals surface area contributed by atoms with Crippen LogP contribution in [-0.4, -0.2) is 12.2 Å². The van der Waals surface area contributed by atoms with E-state index in [1.165, 1.54) is 6.39 Å². The lowest BCUT2D eigenvalue weighted by atomic mass is 10.2. The second-order valence-corrected chi connectivity index (χ2v) is 3.01. The van der Waals surface area contributed by atoms with E-state index in [0.29, 0.717) is 11.4 Å². The minimum absolute atomic E-state index is 0.517. The summed E-state index contributed by atoms with van der Waals surface area (Å²) in [7, 11) is -6.00. The van der Waals surface area contributed by atoms with Crippen LogP contribution in [0.1, 0.15) is 0 Å². The Hall–Kier alpha value is -2.37. The molecule has 0 atom stereocenters. The molecule has 4 nitrogen and oxygen atoms in total. The summed E-state index contributed by atoms with van der Waals surface area (Å²) in [6.07, 6.45) is 3.00. The number of halogens is 4. The average molecular weight is 259 g/mol. The van der Waals surface area contributed by atoms with Crippen LogP contribution in [0.5, 0.6) is 0 Å². The van der Waals surface area contributed by atoms with Crippen LogP contribution in [0, 0.1) is 5.39 Å². The molecule has 2 aromatic rings. The SMILES string of the molecule is F[B-](F)(F)F.N#[N+]c1ccc(-c2cnco2)cc1. The van der Waals surface area contributed by atoms with Gasteiger partial charge in [-0.1, -0.05) is 0 Å². The molecule has 9 heteroatoms. The van der Waals surface area contributed by atoms with Crippen molar-refractivity contribution in [2.45, 2.75) is 0 Å². The highest BCUT2D eigenvalue weighted by Crippen LogP contribution is 2.21. The van der Waals surface area contributed by atoms with Gasteiger partial charge in [-0.2, -0.15) is 0 Å². The van der Waals surface area contributed by atoms with Crippen LogP contribution in [0.25, 0.3) is 16.3 Å². The number of nitrogens with zero attached hydrogens (tertiary/aromatic N) is 3. The van der Waals surface area contributed by atoms with Crippen LogP contribution in [0.2, 0.25) is 0 Å². The molecule has 0 spiro atoms. The quantitative estimate of drug-likeness (QED) is 0.439. The number of diazo groups is 1. The van der Waals surface area contributed by atoms with Crippen molar-refractivity contribution < 1.29 is 21.7 Å². The van der Waals surface area contributed by atoms with E-state index in [-0.39, 0.29) is 0 Å². The summed E-state index contributed by atoms with van der Waals surface area (Å²) in [5, 5.41) is 8.45. The number of oxazole rings is 1. The molecule has 1 aromatic carbocycles. The number of benzene rings is 1. The Morgan fingerprint density at radius 1 is 1.11 bits per heavy atom. The van der Waals surface area contributed by atoms with Crippen LogP contribution >= 0.6 is 0 Å². The van der Waals surface area contributed by atoms with Gasteiger partial charge in [-0.25, -0.2) is 4.98 Å². The first-order chi connectivity index (χ1) is 8.40. The molecule has 0 saturated carbocycles. The maximum absolute atomic E-state index is 9.75. The highest BCUT2D eigenvalue weighted by Gasteiger charge is 2.20. The largest absolute Gasteiger partial charge is 0.673 e. The standard InChI is InChI=1S/C9H6N3O.BF4/c10-12-8-3-1-7(2-4-8)9-5-11-6-13-9;2-1(3,4)5/h1-6H;/q+1;-1. The molecule has 0 aliphatic carbocycles. The molecule has 2 rings (SSSR count). The van der Waals surface area contributed by atoms with E-state index >= 15 is 0 Å². The maximum atomic E-state index is 9.75. The van der Waals surface area contributed by atoms with Gasteiger partial charge in [0.15, 0.2) is 17.1 Å². The van der Waals surface area contributed by atoms with Gasteiger partial charge in [-0.3, -0.25) is 0 Å². The Kier molecular flexibility index (Phi) is 4.42. The molecule has 0 aliphatic rings. The molecule has 0 amide bonds. The smallest absolute Gasteiger partial charge is 0.444 e. The van der Waals surface area contributed by atoms with E-state index in [9.17, 15) is 17.3 Å². The van der Waals surface area contributed by atoms with Crippen molar-refractivity contribution in [3.63, 3.8) is 0 Å². The first-order valence-corrected chi connectivity index (χ1v) is 4.61. The zero-order valence-electron chi connectivity index (χ0n) is 8.80. The summed E-state index contributed by atoms with van der Waals surface area (Å²) in [6.45, 7) is 0. The molecule has 0 saturated heterocycles. The molecule has 1 heterocycles. The summed E-state index contributed by atoms with van der Waals surface area (Å²) in [5.41, 5.74) is 1.42. The molecule has 18 heavy (non-hydrogen) atoms. The van der Waals surface area contributed by atoms with Crippen LogP contribution in [0.4, 0.5) is 23.0 Å². The van der Waals surface area contributed by atoms with Gasteiger partial charge >= 0.3 is 12.9 Å². The van der Waals surface area contributed by atoms with E-state index in [2.05, 4.69) is 9.96 Å². The number of hydrogen-bond acceptors (Lipinski definition) is 3. The fraction of sp³-hybridized carbons (Fsp3) is 0. The van der Waals surface area contributed by atoms with Crippen molar-refractivity contribution in [3.05, 3.63) is 41.8 Å². The third-order valence-electron chi connectivity index (χ3n) is 1.70. The normalized spacial score (nSPS) is 10.2. The van der Waals surface area contributed by atoms with E-state index in [1.54, 1.807) is 30.5 Å². The topological polar surface area (TPSA) is 54.2 Å². The third kappa shape index (κ3) is 5.11. The van der Waals surface area contributed by atoms with E-state index < -0.39 is 7.25 Å². The van der Waals surface area contributed by atoms with Crippen molar-refractivity contribution in [1.29, 1.82) is 5.39 Å². The molecular formula is C9H6BF4N3O. The van der Waals surface area contributed by atoms with Gasteiger partial charge in [-0.15, -0.1) is 0 Å². The van der Waals surface area contributed by atoms with E-state index in [4.69, 9.17) is 9.81 Å². The molecule has 94 valence electrons. The first kappa shape index (κ1) is 13.7. The van der Waals surface area contributed by atoms with Crippen molar-refractivity contribution in [2.24, 2.45) is 0 Å². The first-order valence-electron chi connectivity index (χ1n) is 4.61. The number of hydrogen-bond donors (Lipinski definition) is 0. The summed E-state index contributed by atoms with van der Waals surface area (Å²) in [4.78, 5) is 6.85. The van der Waals surface area contributed by atoms with Crippen LogP contribution < -0.4 is 0 Å². The summed E-state index contributed by atoms with van der Waals surface area (Å²) in [5.74, 6) is 0.699. The Labute approximate surface area is 99.0 Å². The van der Waals surface area contributed by atoms with Crippen LogP contribution in [0.3, 0.4) is 0 Å². The van der Waals surface area contributed by atoms with E-state index in [1.807, 2.05) is 0 Å². The summed E-state index contributed by atoms with van der Waals surface area (Å²) < 4.78 is 44.1. The number of rotatable bonds is 1. The van der Waals surface area contributed by atoms with Gasteiger partial charge < -0.3 is 21.7 Å². The van der Waals surface area contributed by atoms with Crippen molar-refractivity contribution in [1.82, 2.24) is 4.98 Å². The van der Waals surface area contributed by atoms with Crippen molar-refractivity contribution in [2.75, 3.05) is 0 Å². The van der Waals surface area contributed by atoms with E-state index in [0.717, 1.165) is 5.56 Å². The molecule has 1 aromatic heterocycles. The predicted molar refractivity (Wildman–Crippen MR) is 56.9 cm³/mol. The van der Waals surface area contributed by atoms with Gasteiger partial charge in [0.1, 0.15) is 0 Å². The zero-order chi connectivity index (χ0) is 13.6. The summed E-state index contributed by atoms with van der Waals surface area (Å²) in [6, 6.07) is 6.99. The Bertz CT molecular complexity index is 512. The van der Waals surface area contributed by atoms with Gasteiger partial charge in [0, 0.05) is 17.7 Å². The minimum Gasteiger partial charge on any atom is -0.444 e. The second kappa shape index (κ2) is 5.81. The lowest BCUT2D eigenvalue weighted by Crippen LogP contribution is -2.02. The monoisotopic (exact) mass is 259 g/mol.